The van der Waals surface area contributed by atoms with Crippen LogP contribution < -0.4 is 5.32 Å². The van der Waals surface area contributed by atoms with Crippen LogP contribution >= 0.6 is 11.3 Å². The minimum Gasteiger partial charge on any atom is -0.480 e. The minimum absolute atomic E-state index is 0.273. The second kappa shape index (κ2) is 3.90. The van der Waals surface area contributed by atoms with E-state index in [1.54, 1.807) is 24.5 Å². The fraction of sp³-hybridized carbons (Fsp3) is 0.600. The number of carboxylic acid groups (broad SMARTS) is 1. The molecule has 0 amide bonds. The summed E-state index contributed by atoms with van der Waals surface area (Å²) in [6.45, 7) is 2.30. The fourth-order valence-corrected chi connectivity index (χ4v) is 2.21. The van der Waals surface area contributed by atoms with E-state index in [-0.39, 0.29) is 5.92 Å². The van der Waals surface area contributed by atoms with E-state index in [1.165, 1.54) is 0 Å². The molecule has 1 fully saturated rings. The normalized spacial score (nSPS) is 19.8. The molecule has 5 heteroatoms. The molecule has 4 nitrogen and oxygen atoms in total. The molecule has 0 saturated heterocycles. The van der Waals surface area contributed by atoms with Gasteiger partial charge >= 0.3 is 5.97 Å². The van der Waals surface area contributed by atoms with Gasteiger partial charge in [-0.1, -0.05) is 0 Å². The lowest BCUT2D eigenvalue weighted by atomic mass is 9.96. The minimum atomic E-state index is -0.786. The monoisotopic (exact) mass is 226 g/mol. The van der Waals surface area contributed by atoms with Gasteiger partial charge in [0.2, 0.25) is 0 Å². The van der Waals surface area contributed by atoms with Crippen molar-refractivity contribution in [3.63, 3.8) is 0 Å². The molecule has 1 aliphatic carbocycles. The molecule has 1 unspecified atom stereocenters. The third-order valence-electron chi connectivity index (χ3n) is 2.93. The lowest BCUT2D eigenvalue weighted by Crippen LogP contribution is -2.51. The Balaban J connectivity index is 1.98. The van der Waals surface area contributed by atoms with Crippen LogP contribution in [-0.2, 0) is 11.3 Å². The van der Waals surface area contributed by atoms with Crippen molar-refractivity contribution in [3.8, 4) is 0 Å². The second-order valence-electron chi connectivity index (χ2n) is 4.06. The number of nitrogens with one attached hydrogen (secondary N) is 1. The van der Waals surface area contributed by atoms with E-state index in [1.807, 2.05) is 5.38 Å². The number of nitrogens with zero attached hydrogens (tertiary/aromatic N) is 1. The largest absolute Gasteiger partial charge is 0.480 e. The van der Waals surface area contributed by atoms with Crippen molar-refractivity contribution in [2.75, 3.05) is 0 Å². The van der Waals surface area contributed by atoms with Gasteiger partial charge in [-0.15, -0.1) is 11.3 Å². The van der Waals surface area contributed by atoms with E-state index in [0.717, 1.165) is 17.8 Å². The van der Waals surface area contributed by atoms with Gasteiger partial charge in [0.25, 0.3) is 0 Å². The molecule has 0 radical (unpaired) electrons. The van der Waals surface area contributed by atoms with Gasteiger partial charge in [0.15, 0.2) is 0 Å². The third kappa shape index (κ3) is 2.18. The summed E-state index contributed by atoms with van der Waals surface area (Å²) in [4.78, 5) is 15.3. The smallest absolute Gasteiger partial charge is 0.323 e. The quantitative estimate of drug-likeness (QED) is 0.798. The van der Waals surface area contributed by atoms with Crippen LogP contribution in [0.15, 0.2) is 11.6 Å². The molecule has 0 bridgehead atoms. The van der Waals surface area contributed by atoms with Crippen LogP contribution in [0.5, 0.6) is 0 Å². The number of hydrogen-bond donors (Lipinski definition) is 2. The highest BCUT2D eigenvalue weighted by Gasteiger charge is 2.47. The topological polar surface area (TPSA) is 62.2 Å². The molecule has 2 rings (SSSR count). The number of rotatable bonds is 5. The average Bonchev–Trinajstić information content (AvgIpc) is 2.93. The van der Waals surface area contributed by atoms with Crippen LogP contribution in [-0.4, -0.2) is 21.6 Å². The summed E-state index contributed by atoms with van der Waals surface area (Å²) in [6.07, 6.45) is 3.75. The molecule has 0 aromatic carbocycles. The van der Waals surface area contributed by atoms with E-state index in [2.05, 4.69) is 10.3 Å². The standard InChI is InChI=1S/C10H14N2O2S/c1-10(9(13)14,7-2-3-7)12-6-8-11-4-5-15-8/h4-5,7,12H,2-3,6H2,1H3,(H,13,14). The Kier molecular flexibility index (Phi) is 2.75. The number of hydrogen-bond acceptors (Lipinski definition) is 4. The summed E-state index contributed by atoms with van der Waals surface area (Å²) in [5, 5.41) is 15.1. The molecule has 1 aliphatic rings. The third-order valence-corrected chi connectivity index (χ3v) is 3.71. The molecule has 2 N–H and O–H groups in total. The first-order chi connectivity index (χ1) is 7.13. The summed E-state index contributed by atoms with van der Waals surface area (Å²) in [5.41, 5.74) is -0.786. The highest BCUT2D eigenvalue weighted by molar-refractivity contribution is 7.09. The Morgan fingerprint density at radius 1 is 1.80 bits per heavy atom. The molecular formula is C10H14N2O2S. The van der Waals surface area contributed by atoms with Crippen LogP contribution in [0.25, 0.3) is 0 Å². The maximum absolute atomic E-state index is 11.2. The molecule has 0 aliphatic heterocycles. The van der Waals surface area contributed by atoms with E-state index in [9.17, 15) is 9.90 Å². The van der Waals surface area contributed by atoms with E-state index in [4.69, 9.17) is 0 Å². The van der Waals surface area contributed by atoms with Crippen molar-refractivity contribution in [3.05, 3.63) is 16.6 Å². The molecule has 82 valence electrons. The van der Waals surface area contributed by atoms with Gasteiger partial charge in [0.1, 0.15) is 10.5 Å². The SMILES string of the molecule is CC(NCc1nccs1)(C(=O)O)C1CC1. The molecule has 1 heterocycles. The summed E-state index contributed by atoms with van der Waals surface area (Å²) in [5.74, 6) is -0.489. The predicted molar refractivity (Wildman–Crippen MR) is 57.7 cm³/mol. The molecule has 0 spiro atoms. The summed E-state index contributed by atoms with van der Waals surface area (Å²) in [7, 11) is 0. The Hall–Kier alpha value is -0.940. The fourth-order valence-electron chi connectivity index (χ4n) is 1.65. The second-order valence-corrected chi connectivity index (χ2v) is 5.04. The molecule has 1 atom stereocenters. The maximum atomic E-state index is 11.2. The Bertz CT molecular complexity index is 348. The first kappa shape index (κ1) is 10.6. The first-order valence-corrected chi connectivity index (χ1v) is 5.87. The number of carboxylic acids is 1. The van der Waals surface area contributed by atoms with Crippen LogP contribution in [0.3, 0.4) is 0 Å². The van der Waals surface area contributed by atoms with Crippen LogP contribution in [0, 0.1) is 5.92 Å². The number of aliphatic carboxylic acids is 1. The van der Waals surface area contributed by atoms with E-state index >= 15 is 0 Å². The first-order valence-electron chi connectivity index (χ1n) is 4.99. The van der Waals surface area contributed by atoms with Crippen molar-refractivity contribution in [2.45, 2.75) is 31.8 Å². The lowest BCUT2D eigenvalue weighted by Gasteiger charge is -2.25. The van der Waals surface area contributed by atoms with Gasteiger partial charge in [0, 0.05) is 18.1 Å². The zero-order valence-electron chi connectivity index (χ0n) is 8.56. The van der Waals surface area contributed by atoms with Crippen molar-refractivity contribution in [1.82, 2.24) is 10.3 Å². The Morgan fingerprint density at radius 2 is 2.53 bits per heavy atom. The van der Waals surface area contributed by atoms with E-state index in [0.29, 0.717) is 6.54 Å². The molecule has 1 saturated carbocycles. The highest BCUT2D eigenvalue weighted by atomic mass is 32.1. The summed E-state index contributed by atoms with van der Waals surface area (Å²) >= 11 is 1.54. The maximum Gasteiger partial charge on any atom is 0.323 e. The molecule has 1 aromatic heterocycles. The number of carbonyl (C=O) groups is 1. The van der Waals surface area contributed by atoms with Gasteiger partial charge in [-0.3, -0.25) is 10.1 Å². The van der Waals surface area contributed by atoms with Gasteiger partial charge in [-0.05, 0) is 25.7 Å². The van der Waals surface area contributed by atoms with Crippen LogP contribution in [0.4, 0.5) is 0 Å². The van der Waals surface area contributed by atoms with Crippen LogP contribution in [0.2, 0.25) is 0 Å². The van der Waals surface area contributed by atoms with E-state index < -0.39 is 11.5 Å². The van der Waals surface area contributed by atoms with Gasteiger partial charge in [0.05, 0.1) is 0 Å². The van der Waals surface area contributed by atoms with Crippen LogP contribution in [0.1, 0.15) is 24.8 Å². The molecule has 15 heavy (non-hydrogen) atoms. The zero-order valence-corrected chi connectivity index (χ0v) is 9.38. The number of aromatic nitrogens is 1. The van der Waals surface area contributed by atoms with Gasteiger partial charge in [-0.2, -0.15) is 0 Å². The van der Waals surface area contributed by atoms with Crippen molar-refractivity contribution < 1.29 is 9.90 Å². The van der Waals surface area contributed by atoms with Crippen molar-refractivity contribution in [2.24, 2.45) is 5.92 Å². The zero-order chi connectivity index (χ0) is 10.9. The van der Waals surface area contributed by atoms with Gasteiger partial charge < -0.3 is 5.11 Å². The van der Waals surface area contributed by atoms with Crippen molar-refractivity contribution in [1.29, 1.82) is 0 Å². The van der Waals surface area contributed by atoms with Crippen molar-refractivity contribution >= 4 is 17.3 Å². The Morgan fingerprint density at radius 3 is 3.00 bits per heavy atom. The highest BCUT2D eigenvalue weighted by Crippen LogP contribution is 2.39. The molecule has 1 aromatic rings. The lowest BCUT2D eigenvalue weighted by molar-refractivity contribution is -0.145. The predicted octanol–water partition coefficient (Wildman–Crippen LogP) is 1.49. The summed E-state index contributed by atoms with van der Waals surface area (Å²) in [6, 6.07) is 0. The number of thiazole rings is 1. The average molecular weight is 226 g/mol. The molecular weight excluding hydrogens is 212 g/mol. The Labute approximate surface area is 92.3 Å². The summed E-state index contributed by atoms with van der Waals surface area (Å²) < 4.78 is 0. The van der Waals surface area contributed by atoms with Gasteiger partial charge in [-0.25, -0.2) is 4.98 Å².